The van der Waals surface area contributed by atoms with Crippen molar-refractivity contribution in [2.45, 2.75) is 45.1 Å². The van der Waals surface area contributed by atoms with E-state index in [0.29, 0.717) is 5.92 Å². The molecule has 18 heavy (non-hydrogen) atoms. The summed E-state index contributed by atoms with van der Waals surface area (Å²) in [5.74, 6) is 1.45. The van der Waals surface area contributed by atoms with E-state index in [1.807, 2.05) is 18.2 Å². The molecule has 2 N–H and O–H groups in total. The summed E-state index contributed by atoms with van der Waals surface area (Å²) in [5.41, 5.74) is 7.62. The molecule has 3 atom stereocenters. The van der Waals surface area contributed by atoms with Gasteiger partial charge >= 0.3 is 0 Å². The van der Waals surface area contributed by atoms with Crippen molar-refractivity contribution < 1.29 is 0 Å². The number of hydrogen-bond acceptors (Lipinski definition) is 1. The van der Waals surface area contributed by atoms with Gasteiger partial charge in [-0.25, -0.2) is 0 Å². The summed E-state index contributed by atoms with van der Waals surface area (Å²) in [7, 11) is 0. The van der Waals surface area contributed by atoms with Crippen molar-refractivity contribution in [3.8, 4) is 0 Å². The molecule has 0 saturated heterocycles. The standard InChI is InChI=1S/C15H21BrClN/c1-2-10-4-3-5-11(8-10)15(18)13-9-12(17)6-7-14(13)16/h6-7,9-11,15H,2-5,8,18H2,1H3. The van der Waals surface area contributed by atoms with Crippen LogP contribution >= 0.6 is 27.5 Å². The van der Waals surface area contributed by atoms with Gasteiger partial charge in [-0.1, -0.05) is 53.7 Å². The van der Waals surface area contributed by atoms with Crippen molar-refractivity contribution >= 4 is 27.5 Å². The minimum atomic E-state index is 0.104. The lowest BCUT2D eigenvalue weighted by molar-refractivity contribution is 0.230. The number of benzene rings is 1. The zero-order valence-electron chi connectivity index (χ0n) is 10.8. The lowest BCUT2D eigenvalue weighted by atomic mass is 9.75. The van der Waals surface area contributed by atoms with Crippen molar-refractivity contribution in [3.05, 3.63) is 33.3 Å². The summed E-state index contributed by atoms with van der Waals surface area (Å²) in [5, 5.41) is 0.770. The molecule has 0 spiro atoms. The Morgan fingerprint density at radius 2 is 2.22 bits per heavy atom. The van der Waals surface area contributed by atoms with Crippen LogP contribution in [0.4, 0.5) is 0 Å². The van der Waals surface area contributed by atoms with Crippen LogP contribution in [0.1, 0.15) is 50.6 Å². The summed E-state index contributed by atoms with van der Waals surface area (Å²) < 4.78 is 1.08. The fourth-order valence-electron chi connectivity index (χ4n) is 3.05. The van der Waals surface area contributed by atoms with Crippen LogP contribution in [-0.2, 0) is 0 Å². The van der Waals surface area contributed by atoms with Gasteiger partial charge in [0, 0.05) is 15.5 Å². The summed E-state index contributed by atoms with van der Waals surface area (Å²) in [6.45, 7) is 2.29. The highest BCUT2D eigenvalue weighted by molar-refractivity contribution is 9.10. The average Bonchev–Trinajstić information content (AvgIpc) is 2.41. The highest BCUT2D eigenvalue weighted by Crippen LogP contribution is 2.39. The molecule has 1 aromatic carbocycles. The van der Waals surface area contributed by atoms with Crippen molar-refractivity contribution in [1.29, 1.82) is 0 Å². The first-order chi connectivity index (χ1) is 8.61. The quantitative estimate of drug-likeness (QED) is 0.797. The van der Waals surface area contributed by atoms with Crippen LogP contribution < -0.4 is 5.73 Å². The van der Waals surface area contributed by atoms with Gasteiger partial charge in [0.05, 0.1) is 0 Å². The summed E-state index contributed by atoms with van der Waals surface area (Å²) in [6, 6.07) is 6.01. The Labute approximate surface area is 123 Å². The van der Waals surface area contributed by atoms with Gasteiger partial charge in [-0.15, -0.1) is 0 Å². The number of halogens is 2. The Hall–Kier alpha value is -0.0500. The maximum absolute atomic E-state index is 6.47. The van der Waals surface area contributed by atoms with E-state index in [4.69, 9.17) is 17.3 Å². The average molecular weight is 331 g/mol. The third-order valence-corrected chi connectivity index (χ3v) is 5.18. The zero-order valence-corrected chi connectivity index (χ0v) is 13.2. The monoisotopic (exact) mass is 329 g/mol. The van der Waals surface area contributed by atoms with Gasteiger partial charge in [-0.3, -0.25) is 0 Å². The first-order valence-corrected chi connectivity index (χ1v) is 7.99. The Balaban J connectivity index is 2.14. The number of nitrogens with two attached hydrogens (primary N) is 1. The molecule has 1 aliphatic carbocycles. The molecule has 0 radical (unpaired) electrons. The molecular weight excluding hydrogens is 310 g/mol. The molecule has 1 saturated carbocycles. The van der Waals surface area contributed by atoms with Crippen molar-refractivity contribution in [3.63, 3.8) is 0 Å². The fourth-order valence-corrected chi connectivity index (χ4v) is 3.75. The van der Waals surface area contributed by atoms with Gasteiger partial charge in [0.2, 0.25) is 0 Å². The van der Waals surface area contributed by atoms with Gasteiger partial charge in [0.1, 0.15) is 0 Å². The maximum atomic E-state index is 6.47. The SMILES string of the molecule is CCC1CCCC(C(N)c2cc(Cl)ccc2Br)C1. The molecule has 0 aliphatic heterocycles. The van der Waals surface area contributed by atoms with E-state index in [9.17, 15) is 0 Å². The van der Waals surface area contributed by atoms with Crippen LogP contribution in [0.15, 0.2) is 22.7 Å². The highest BCUT2D eigenvalue weighted by Gasteiger charge is 2.27. The molecule has 0 aromatic heterocycles. The minimum absolute atomic E-state index is 0.104. The van der Waals surface area contributed by atoms with E-state index in [1.165, 1.54) is 32.1 Å². The summed E-state index contributed by atoms with van der Waals surface area (Å²) in [6.07, 6.45) is 6.47. The third-order valence-electron chi connectivity index (χ3n) is 4.23. The molecule has 3 unspecified atom stereocenters. The van der Waals surface area contributed by atoms with Crippen molar-refractivity contribution in [2.24, 2.45) is 17.6 Å². The predicted octanol–water partition coefficient (Wildman–Crippen LogP) is 5.32. The Kier molecular flexibility index (Phi) is 5.11. The molecular formula is C15H21BrClN. The largest absolute Gasteiger partial charge is 0.324 e. The van der Waals surface area contributed by atoms with Crippen LogP contribution in [0.25, 0.3) is 0 Å². The van der Waals surface area contributed by atoms with Crippen molar-refractivity contribution in [2.75, 3.05) is 0 Å². The van der Waals surface area contributed by atoms with E-state index >= 15 is 0 Å². The number of hydrogen-bond donors (Lipinski definition) is 1. The van der Waals surface area contributed by atoms with E-state index in [0.717, 1.165) is 21.0 Å². The molecule has 0 bridgehead atoms. The van der Waals surface area contributed by atoms with E-state index in [2.05, 4.69) is 22.9 Å². The second-order valence-electron chi connectivity index (χ2n) is 5.39. The van der Waals surface area contributed by atoms with E-state index < -0.39 is 0 Å². The van der Waals surface area contributed by atoms with E-state index in [1.54, 1.807) is 0 Å². The van der Waals surface area contributed by atoms with Gasteiger partial charge < -0.3 is 5.73 Å². The van der Waals surface area contributed by atoms with Crippen LogP contribution in [0.3, 0.4) is 0 Å². The Bertz CT molecular complexity index is 407. The first kappa shape index (κ1) is 14.4. The van der Waals surface area contributed by atoms with E-state index in [-0.39, 0.29) is 6.04 Å². The van der Waals surface area contributed by atoms with Gasteiger partial charge in [0.25, 0.3) is 0 Å². The van der Waals surface area contributed by atoms with Gasteiger partial charge in [-0.2, -0.15) is 0 Å². The normalized spacial score (nSPS) is 26.0. The lowest BCUT2D eigenvalue weighted by Crippen LogP contribution is -2.27. The Morgan fingerprint density at radius 1 is 1.44 bits per heavy atom. The first-order valence-electron chi connectivity index (χ1n) is 6.82. The molecule has 1 fully saturated rings. The molecule has 0 amide bonds. The van der Waals surface area contributed by atoms with Crippen LogP contribution in [0.2, 0.25) is 5.02 Å². The third kappa shape index (κ3) is 3.28. The zero-order chi connectivity index (χ0) is 13.1. The van der Waals surface area contributed by atoms with Crippen molar-refractivity contribution in [1.82, 2.24) is 0 Å². The Morgan fingerprint density at radius 3 is 2.94 bits per heavy atom. The maximum Gasteiger partial charge on any atom is 0.0410 e. The molecule has 1 aliphatic rings. The highest BCUT2D eigenvalue weighted by atomic mass is 79.9. The smallest absolute Gasteiger partial charge is 0.0410 e. The lowest BCUT2D eigenvalue weighted by Gasteiger charge is -2.33. The second kappa shape index (κ2) is 6.40. The summed E-state index contributed by atoms with van der Waals surface area (Å²) in [4.78, 5) is 0. The molecule has 1 nitrogen and oxygen atoms in total. The molecule has 2 rings (SSSR count). The molecule has 100 valence electrons. The summed E-state index contributed by atoms with van der Waals surface area (Å²) >= 11 is 9.67. The topological polar surface area (TPSA) is 26.0 Å². The minimum Gasteiger partial charge on any atom is -0.324 e. The van der Waals surface area contributed by atoms with Crippen LogP contribution in [0, 0.1) is 11.8 Å². The molecule has 1 aromatic rings. The molecule has 3 heteroatoms. The van der Waals surface area contributed by atoms with Gasteiger partial charge in [-0.05, 0) is 48.4 Å². The van der Waals surface area contributed by atoms with Crippen LogP contribution in [-0.4, -0.2) is 0 Å². The van der Waals surface area contributed by atoms with Gasteiger partial charge in [0.15, 0.2) is 0 Å². The van der Waals surface area contributed by atoms with Crippen LogP contribution in [0.5, 0.6) is 0 Å². The number of rotatable bonds is 3. The second-order valence-corrected chi connectivity index (χ2v) is 6.68. The molecule has 0 heterocycles. The predicted molar refractivity (Wildman–Crippen MR) is 81.8 cm³/mol. The fraction of sp³-hybridized carbons (Fsp3) is 0.600.